The Kier molecular flexibility index (Phi) is 9.43. The second-order valence-electron chi connectivity index (χ2n) is 4.74. The Hall–Kier alpha value is 0.278. The number of hydrogen-bond donors (Lipinski definition) is 0. The van der Waals surface area contributed by atoms with Gasteiger partial charge in [0.05, 0.1) is 5.69 Å². The summed E-state index contributed by atoms with van der Waals surface area (Å²) in [5.74, 6) is 0. The van der Waals surface area contributed by atoms with Crippen LogP contribution >= 0.6 is 37.7 Å². The van der Waals surface area contributed by atoms with Gasteiger partial charge < -0.3 is 5.32 Å². The molecule has 0 atom stereocenters. The summed E-state index contributed by atoms with van der Waals surface area (Å²) in [7, 11) is 22.0. The summed E-state index contributed by atoms with van der Waals surface area (Å²) >= 11 is -3.28. The Morgan fingerprint density at radius 2 is 1.59 bits per heavy atom. The van der Waals surface area contributed by atoms with Crippen molar-refractivity contribution >= 4 is 49.1 Å². The fraction of sp³-hybridized carbons (Fsp3) is 0.400. The monoisotopic (exact) mass is 551 g/mol. The van der Waals surface area contributed by atoms with E-state index >= 15 is 0 Å². The van der Waals surface area contributed by atoms with Crippen LogP contribution in [0.1, 0.15) is 32.6 Å². The van der Waals surface area contributed by atoms with Crippen LogP contribution in [0.15, 0.2) is 46.6 Å². The Labute approximate surface area is 151 Å². The SMILES string of the molecule is C[N-]C1=C(C(C)=Nc2ccccc2)CCCC1.[Cl][W]([Cl])([Cl])[Cl]. The summed E-state index contributed by atoms with van der Waals surface area (Å²) in [5.41, 5.74) is 4.74. The number of benzene rings is 1. The van der Waals surface area contributed by atoms with Gasteiger partial charge in [-0.1, -0.05) is 24.6 Å². The van der Waals surface area contributed by atoms with Gasteiger partial charge in [-0.2, -0.15) is 5.70 Å². The van der Waals surface area contributed by atoms with Crippen LogP contribution in [0.2, 0.25) is 0 Å². The summed E-state index contributed by atoms with van der Waals surface area (Å²) in [6.45, 7) is 2.10. The fourth-order valence-electron chi connectivity index (χ4n) is 2.29. The first-order valence-electron chi connectivity index (χ1n) is 6.85. The number of para-hydroxylation sites is 1. The topological polar surface area (TPSA) is 26.5 Å². The molecule has 1 aromatic rings. The molecular weight excluding hydrogens is 534 g/mol. The Morgan fingerprint density at radius 1 is 1.05 bits per heavy atom. The molecule has 0 saturated carbocycles. The van der Waals surface area contributed by atoms with Crippen molar-refractivity contribution in [2.24, 2.45) is 4.99 Å². The minimum absolute atomic E-state index is 1.03. The molecule has 1 aromatic carbocycles. The van der Waals surface area contributed by atoms with Crippen LogP contribution in [0, 0.1) is 0 Å². The molecule has 2 nitrogen and oxygen atoms in total. The molecule has 124 valence electrons. The predicted octanol–water partition coefficient (Wildman–Crippen LogP) is 7.37. The van der Waals surface area contributed by atoms with E-state index in [9.17, 15) is 0 Å². The number of hydrogen-bond acceptors (Lipinski definition) is 1. The zero-order valence-corrected chi connectivity index (χ0v) is 18.5. The normalized spacial score (nSPS) is 16.7. The van der Waals surface area contributed by atoms with Crippen LogP contribution in [0.4, 0.5) is 5.69 Å². The molecule has 0 fully saturated rings. The van der Waals surface area contributed by atoms with Crippen LogP contribution in [0.25, 0.3) is 5.32 Å². The molecule has 0 unspecified atom stereocenters. The van der Waals surface area contributed by atoms with Gasteiger partial charge in [0.2, 0.25) is 0 Å². The molecule has 1 aliphatic rings. The molecule has 0 aromatic heterocycles. The Balaban J connectivity index is 0.000000422. The third-order valence-corrected chi connectivity index (χ3v) is 3.20. The minimum atomic E-state index is -3.28. The Bertz CT molecular complexity index is 518. The van der Waals surface area contributed by atoms with E-state index in [0.717, 1.165) is 24.2 Å². The quantitative estimate of drug-likeness (QED) is 0.350. The van der Waals surface area contributed by atoms with Crippen LogP contribution in [-0.4, -0.2) is 12.8 Å². The van der Waals surface area contributed by atoms with Gasteiger partial charge in [-0.3, -0.25) is 4.99 Å². The van der Waals surface area contributed by atoms with Gasteiger partial charge in [0.15, 0.2) is 0 Å². The number of allylic oxidation sites excluding steroid dienone is 2. The second-order valence-corrected chi connectivity index (χ2v) is 30.2. The third-order valence-electron chi connectivity index (χ3n) is 3.20. The summed E-state index contributed by atoms with van der Waals surface area (Å²) in [6, 6.07) is 10.1. The number of halogens is 4. The van der Waals surface area contributed by atoms with Crippen LogP contribution < -0.4 is 0 Å². The average Bonchev–Trinajstić information content (AvgIpc) is 2.46. The maximum atomic E-state index is 5.03. The number of nitrogens with zero attached hydrogens (tertiary/aromatic N) is 2. The van der Waals surface area contributed by atoms with E-state index in [0.29, 0.717) is 0 Å². The summed E-state index contributed by atoms with van der Waals surface area (Å²) in [4.78, 5) is 4.68. The van der Waals surface area contributed by atoms with Crippen LogP contribution in [-0.2, 0) is 11.9 Å². The first-order valence-corrected chi connectivity index (χ1v) is 21.4. The molecule has 2 rings (SSSR count). The molecule has 0 spiro atoms. The van der Waals surface area contributed by atoms with E-state index in [4.69, 9.17) is 37.7 Å². The van der Waals surface area contributed by atoms with E-state index in [1.54, 1.807) is 0 Å². The first kappa shape index (κ1) is 20.3. The van der Waals surface area contributed by atoms with Gasteiger partial charge in [0, 0.05) is 5.71 Å². The molecule has 0 bridgehead atoms. The molecule has 7 heteroatoms. The first-order chi connectivity index (χ1) is 10.3. The van der Waals surface area contributed by atoms with Crippen LogP contribution in [0.3, 0.4) is 0 Å². The van der Waals surface area contributed by atoms with E-state index in [2.05, 4.69) is 17.2 Å². The number of rotatable bonds is 3. The van der Waals surface area contributed by atoms with Gasteiger partial charge in [0.1, 0.15) is 0 Å². The molecule has 0 heterocycles. The molecule has 0 amide bonds. The molecule has 0 aliphatic heterocycles. The van der Waals surface area contributed by atoms with Gasteiger partial charge >= 0.3 is 49.6 Å². The fourth-order valence-corrected chi connectivity index (χ4v) is 2.29. The van der Waals surface area contributed by atoms with Gasteiger partial charge in [0.25, 0.3) is 0 Å². The van der Waals surface area contributed by atoms with Crippen molar-refractivity contribution in [3.63, 3.8) is 0 Å². The van der Waals surface area contributed by atoms with Gasteiger partial charge in [-0.05, 0) is 43.9 Å². The molecular formula is C15H19Cl4N2W-. The summed E-state index contributed by atoms with van der Waals surface area (Å²) in [6.07, 6.45) is 4.74. The van der Waals surface area contributed by atoms with Crippen molar-refractivity contribution in [1.82, 2.24) is 0 Å². The van der Waals surface area contributed by atoms with Crippen molar-refractivity contribution in [2.45, 2.75) is 32.6 Å². The third kappa shape index (κ3) is 8.79. The molecule has 0 N–H and O–H groups in total. The van der Waals surface area contributed by atoms with Crippen molar-refractivity contribution in [1.29, 1.82) is 0 Å². The Morgan fingerprint density at radius 3 is 2.14 bits per heavy atom. The van der Waals surface area contributed by atoms with Crippen molar-refractivity contribution < 1.29 is 11.9 Å². The zero-order chi connectivity index (χ0) is 16.6. The maximum absolute atomic E-state index is 5.03. The predicted molar refractivity (Wildman–Crippen MR) is 97.4 cm³/mol. The van der Waals surface area contributed by atoms with E-state index in [1.165, 1.54) is 24.1 Å². The molecule has 0 radical (unpaired) electrons. The number of aliphatic imine (C=N–C) groups is 1. The molecule has 22 heavy (non-hydrogen) atoms. The van der Waals surface area contributed by atoms with E-state index in [-0.39, 0.29) is 0 Å². The van der Waals surface area contributed by atoms with E-state index < -0.39 is 11.9 Å². The average molecular weight is 553 g/mol. The second kappa shape index (κ2) is 10.2. The molecule has 1 aliphatic carbocycles. The van der Waals surface area contributed by atoms with Gasteiger partial charge in [-0.15, -0.1) is 7.05 Å². The van der Waals surface area contributed by atoms with Crippen molar-refractivity contribution in [2.75, 3.05) is 7.05 Å². The van der Waals surface area contributed by atoms with Gasteiger partial charge in [-0.25, -0.2) is 0 Å². The van der Waals surface area contributed by atoms with Crippen molar-refractivity contribution in [3.05, 3.63) is 46.9 Å². The zero-order valence-electron chi connectivity index (χ0n) is 12.5. The van der Waals surface area contributed by atoms with E-state index in [1.807, 2.05) is 37.4 Å². The summed E-state index contributed by atoms with van der Waals surface area (Å²) in [5, 5.41) is 4.39. The molecule has 0 saturated heterocycles. The van der Waals surface area contributed by atoms with Crippen molar-refractivity contribution in [3.8, 4) is 0 Å². The van der Waals surface area contributed by atoms with Crippen LogP contribution in [0.5, 0.6) is 0 Å². The standard InChI is InChI=1S/C15H19N2.4ClH.W/c1-12(17-13-8-4-3-5-9-13)14-10-6-7-11-15(14)16-2;;;;;/h3-5,8-9H,6-7,10-11H2,1-2H3;4*1H;/q-1;;;;;+4/p-4. The summed E-state index contributed by atoms with van der Waals surface area (Å²) < 4.78 is 0.